The highest BCUT2D eigenvalue weighted by Crippen LogP contribution is 2.32. The van der Waals surface area contributed by atoms with Crippen molar-refractivity contribution in [2.45, 2.75) is 37.6 Å². The molecule has 0 radical (unpaired) electrons. The van der Waals surface area contributed by atoms with Crippen molar-refractivity contribution < 1.29 is 24.9 Å². The summed E-state index contributed by atoms with van der Waals surface area (Å²) in [4.78, 5) is 23.6. The minimum absolute atomic E-state index is 0.133. The van der Waals surface area contributed by atoms with Crippen molar-refractivity contribution in [1.29, 1.82) is 0 Å². The Bertz CT molecular complexity index is 721. The summed E-state index contributed by atoms with van der Waals surface area (Å²) in [7, 11) is 0. The highest BCUT2D eigenvalue weighted by molar-refractivity contribution is 6.33. The van der Waals surface area contributed by atoms with E-state index >= 15 is 0 Å². The van der Waals surface area contributed by atoms with Gasteiger partial charge >= 0.3 is 0 Å². The fourth-order valence-corrected chi connectivity index (χ4v) is 2.55. The summed E-state index contributed by atoms with van der Waals surface area (Å²) in [6.07, 6.45) is -4.06. The number of hydrogen-bond acceptors (Lipinski definition) is 8. The number of aromatic nitrogens is 4. The normalized spacial score (nSPS) is 29.9. The Morgan fingerprint density at radius 1 is 1.36 bits per heavy atom. The van der Waals surface area contributed by atoms with Crippen molar-refractivity contribution >= 4 is 28.5 Å². The van der Waals surface area contributed by atoms with Crippen molar-refractivity contribution in [3.05, 3.63) is 17.8 Å². The Labute approximate surface area is 129 Å². The molecule has 1 fully saturated rings. The smallest absolute Gasteiger partial charge is 0.192 e. The largest absolute Gasteiger partial charge is 0.387 e. The highest BCUT2D eigenvalue weighted by atomic mass is 35.5. The van der Waals surface area contributed by atoms with E-state index in [0.29, 0.717) is 11.2 Å². The molecule has 0 aliphatic carbocycles. The van der Waals surface area contributed by atoms with Crippen LogP contribution in [0.1, 0.15) is 13.2 Å². The first-order valence-corrected chi connectivity index (χ1v) is 6.86. The van der Waals surface area contributed by atoms with Gasteiger partial charge in [0.1, 0.15) is 36.3 Å². The topological polar surface area (TPSA) is 131 Å². The fourth-order valence-electron chi connectivity index (χ4n) is 2.37. The maximum atomic E-state index is 11.8. The van der Waals surface area contributed by atoms with Crippen molar-refractivity contribution in [2.24, 2.45) is 0 Å². The zero-order valence-electron chi connectivity index (χ0n) is 11.4. The molecule has 3 rings (SSSR count). The number of fused-ring (bicyclic) bond motifs is 1. The van der Waals surface area contributed by atoms with Crippen molar-refractivity contribution in [3.8, 4) is 0 Å². The van der Waals surface area contributed by atoms with Gasteiger partial charge in [0.25, 0.3) is 0 Å². The second-order valence-corrected chi connectivity index (χ2v) is 5.35. The van der Waals surface area contributed by atoms with Gasteiger partial charge < -0.3 is 20.1 Å². The van der Waals surface area contributed by atoms with Crippen molar-refractivity contribution in [1.82, 2.24) is 19.5 Å². The molecule has 1 aliphatic heterocycles. The van der Waals surface area contributed by atoms with Gasteiger partial charge in [-0.05, 0) is 6.92 Å². The molecule has 5 atom stereocenters. The molecule has 118 valence electrons. The standard InChI is InChI=1S/C12H13ClN4O5/c1-4(18)6(19)9-7(20)8(21)12(22-9)17-3-16-5-10(13)14-2-15-11(5)17/h2-4,7-9,12,18,20-21H,1H3/t4?,7-,8+,9+,12+/m0/s1. The van der Waals surface area contributed by atoms with E-state index in [9.17, 15) is 20.1 Å². The van der Waals surface area contributed by atoms with E-state index in [1.54, 1.807) is 0 Å². The van der Waals surface area contributed by atoms with Crippen LogP contribution >= 0.6 is 11.6 Å². The van der Waals surface area contributed by atoms with E-state index in [-0.39, 0.29) is 5.15 Å². The Balaban J connectivity index is 1.98. The summed E-state index contributed by atoms with van der Waals surface area (Å²) in [6.45, 7) is 1.26. The Hall–Kier alpha value is -1.65. The van der Waals surface area contributed by atoms with Crippen LogP contribution in [0.15, 0.2) is 12.7 Å². The number of imidazole rings is 1. The number of nitrogens with zero attached hydrogens (tertiary/aromatic N) is 4. The summed E-state index contributed by atoms with van der Waals surface area (Å²) in [5, 5.41) is 29.6. The van der Waals surface area contributed by atoms with Crippen LogP contribution in [0.2, 0.25) is 5.15 Å². The van der Waals surface area contributed by atoms with E-state index in [0.717, 1.165) is 0 Å². The molecule has 1 unspecified atom stereocenters. The maximum absolute atomic E-state index is 11.8. The Morgan fingerprint density at radius 3 is 2.77 bits per heavy atom. The van der Waals surface area contributed by atoms with Crippen LogP contribution in [0.25, 0.3) is 11.2 Å². The lowest BCUT2D eigenvalue weighted by atomic mass is 10.0. The Kier molecular flexibility index (Phi) is 3.83. The first-order chi connectivity index (χ1) is 10.4. The van der Waals surface area contributed by atoms with Gasteiger partial charge in [0.15, 0.2) is 22.8 Å². The quantitative estimate of drug-likeness (QED) is 0.615. The lowest BCUT2D eigenvalue weighted by Crippen LogP contribution is -2.40. The van der Waals surface area contributed by atoms with Crippen LogP contribution in [0.3, 0.4) is 0 Å². The molecule has 22 heavy (non-hydrogen) atoms. The third-order valence-electron chi connectivity index (χ3n) is 3.52. The molecule has 10 heteroatoms. The molecular formula is C12H13ClN4O5. The molecular weight excluding hydrogens is 316 g/mol. The minimum atomic E-state index is -1.47. The third kappa shape index (κ3) is 2.27. The van der Waals surface area contributed by atoms with Crippen LogP contribution in [-0.4, -0.2) is 65.0 Å². The molecule has 2 aromatic rings. The predicted molar refractivity (Wildman–Crippen MR) is 72.9 cm³/mol. The summed E-state index contributed by atoms with van der Waals surface area (Å²) < 4.78 is 6.76. The second-order valence-electron chi connectivity index (χ2n) is 5.00. The third-order valence-corrected chi connectivity index (χ3v) is 3.80. The molecule has 0 amide bonds. The summed E-state index contributed by atoms with van der Waals surface area (Å²) in [5.74, 6) is -0.717. The number of aliphatic hydroxyl groups is 3. The summed E-state index contributed by atoms with van der Waals surface area (Å²) in [5.41, 5.74) is 0.598. The number of hydrogen-bond donors (Lipinski definition) is 3. The summed E-state index contributed by atoms with van der Waals surface area (Å²) in [6, 6.07) is 0. The number of carbonyl (C=O) groups excluding carboxylic acids is 1. The second kappa shape index (κ2) is 5.52. The van der Waals surface area contributed by atoms with Crippen LogP contribution in [0.4, 0.5) is 0 Å². The number of halogens is 1. The minimum Gasteiger partial charge on any atom is -0.387 e. The highest BCUT2D eigenvalue weighted by Gasteiger charge is 2.48. The first-order valence-electron chi connectivity index (χ1n) is 6.48. The van der Waals surface area contributed by atoms with Crippen molar-refractivity contribution in [2.75, 3.05) is 0 Å². The van der Waals surface area contributed by atoms with Crippen molar-refractivity contribution in [3.63, 3.8) is 0 Å². The number of Topliss-reactive ketones (excluding diaryl/α,β-unsaturated/α-hetero) is 1. The average Bonchev–Trinajstić information content (AvgIpc) is 3.02. The van der Waals surface area contributed by atoms with E-state index in [1.807, 2.05) is 0 Å². The van der Waals surface area contributed by atoms with Crippen LogP contribution in [0.5, 0.6) is 0 Å². The monoisotopic (exact) mass is 328 g/mol. The number of rotatable bonds is 3. The number of aliphatic hydroxyl groups excluding tert-OH is 3. The van der Waals surface area contributed by atoms with Gasteiger partial charge in [-0.2, -0.15) is 0 Å². The van der Waals surface area contributed by atoms with Gasteiger partial charge in [0.2, 0.25) is 0 Å². The van der Waals surface area contributed by atoms with Gasteiger partial charge in [-0.15, -0.1) is 0 Å². The Morgan fingerprint density at radius 2 is 2.09 bits per heavy atom. The molecule has 0 aromatic carbocycles. The lowest BCUT2D eigenvalue weighted by Gasteiger charge is -2.16. The molecule has 3 heterocycles. The number of carbonyl (C=O) groups is 1. The molecule has 2 aromatic heterocycles. The molecule has 0 saturated carbocycles. The first kappa shape index (κ1) is 15.3. The number of ketones is 1. The molecule has 1 aliphatic rings. The van der Waals surface area contributed by atoms with Crippen LogP contribution in [-0.2, 0) is 9.53 Å². The molecule has 0 spiro atoms. The molecule has 0 bridgehead atoms. The lowest BCUT2D eigenvalue weighted by molar-refractivity contribution is -0.143. The van der Waals surface area contributed by atoms with Gasteiger partial charge in [-0.3, -0.25) is 9.36 Å². The predicted octanol–water partition coefficient (Wildman–Crippen LogP) is -0.951. The molecule has 9 nitrogen and oxygen atoms in total. The van der Waals surface area contributed by atoms with Gasteiger partial charge in [-0.1, -0.05) is 11.6 Å². The SMILES string of the molecule is CC(O)C(=O)[C@H]1O[C@@H](n2cnc3c(Cl)ncnc32)[C@H](O)[C@@H]1O. The van der Waals surface area contributed by atoms with Crippen LogP contribution in [0, 0.1) is 0 Å². The van der Waals surface area contributed by atoms with Crippen LogP contribution < -0.4 is 0 Å². The van der Waals surface area contributed by atoms with E-state index in [1.165, 1.54) is 24.1 Å². The van der Waals surface area contributed by atoms with E-state index in [2.05, 4.69) is 15.0 Å². The zero-order valence-corrected chi connectivity index (χ0v) is 12.1. The van der Waals surface area contributed by atoms with Gasteiger partial charge in [-0.25, -0.2) is 15.0 Å². The van der Waals surface area contributed by atoms with E-state index in [4.69, 9.17) is 16.3 Å². The fraction of sp³-hybridized carbons (Fsp3) is 0.500. The summed E-state index contributed by atoms with van der Waals surface area (Å²) >= 11 is 5.90. The zero-order chi connectivity index (χ0) is 16.0. The molecule has 3 N–H and O–H groups in total. The maximum Gasteiger partial charge on any atom is 0.192 e. The number of ether oxygens (including phenoxy) is 1. The van der Waals surface area contributed by atoms with E-state index < -0.39 is 36.4 Å². The average molecular weight is 329 g/mol. The van der Waals surface area contributed by atoms with Gasteiger partial charge in [0, 0.05) is 0 Å². The van der Waals surface area contributed by atoms with Gasteiger partial charge in [0.05, 0.1) is 6.33 Å². The molecule has 1 saturated heterocycles.